The SMILES string of the molecule is CC(O)c1ccc2c(c1)nc1n2CCC(=O)N1. The van der Waals surface area contributed by atoms with Gasteiger partial charge in [-0.05, 0) is 24.6 Å². The number of carbonyl (C=O) groups excluding carboxylic acids is 1. The van der Waals surface area contributed by atoms with Crippen LogP contribution < -0.4 is 5.32 Å². The van der Waals surface area contributed by atoms with Gasteiger partial charge in [0.05, 0.1) is 17.1 Å². The van der Waals surface area contributed by atoms with Crippen molar-refractivity contribution in [1.29, 1.82) is 0 Å². The zero-order chi connectivity index (χ0) is 12.0. The van der Waals surface area contributed by atoms with Crippen molar-refractivity contribution < 1.29 is 9.90 Å². The van der Waals surface area contributed by atoms with Crippen molar-refractivity contribution in [2.45, 2.75) is 26.0 Å². The van der Waals surface area contributed by atoms with Crippen molar-refractivity contribution >= 4 is 22.9 Å². The van der Waals surface area contributed by atoms with Gasteiger partial charge < -0.3 is 9.67 Å². The Morgan fingerprint density at radius 3 is 3.12 bits per heavy atom. The number of rotatable bonds is 1. The van der Waals surface area contributed by atoms with Crippen molar-refractivity contribution in [2.24, 2.45) is 0 Å². The minimum Gasteiger partial charge on any atom is -0.389 e. The molecule has 1 atom stereocenters. The molecular formula is C12H13N3O2. The largest absolute Gasteiger partial charge is 0.389 e. The fourth-order valence-corrected chi connectivity index (χ4v) is 2.13. The lowest BCUT2D eigenvalue weighted by Gasteiger charge is -2.14. The molecule has 1 unspecified atom stereocenters. The predicted molar refractivity (Wildman–Crippen MR) is 63.6 cm³/mol. The molecule has 2 aromatic rings. The molecule has 1 aliphatic heterocycles. The van der Waals surface area contributed by atoms with Crippen LogP contribution in [0.15, 0.2) is 18.2 Å². The minimum atomic E-state index is -0.507. The lowest BCUT2D eigenvalue weighted by atomic mass is 10.1. The Kier molecular flexibility index (Phi) is 2.16. The van der Waals surface area contributed by atoms with Crippen molar-refractivity contribution in [3.63, 3.8) is 0 Å². The molecule has 5 heteroatoms. The Bertz CT molecular complexity index is 601. The Morgan fingerprint density at radius 2 is 2.35 bits per heavy atom. The molecule has 1 amide bonds. The normalized spacial score (nSPS) is 16.7. The van der Waals surface area contributed by atoms with E-state index in [0.29, 0.717) is 18.9 Å². The number of hydrogen-bond donors (Lipinski definition) is 2. The zero-order valence-corrected chi connectivity index (χ0v) is 9.47. The molecule has 17 heavy (non-hydrogen) atoms. The summed E-state index contributed by atoms with van der Waals surface area (Å²) in [6, 6.07) is 5.68. The van der Waals surface area contributed by atoms with Crippen LogP contribution in [0.3, 0.4) is 0 Å². The third kappa shape index (κ3) is 1.59. The van der Waals surface area contributed by atoms with Gasteiger partial charge in [-0.2, -0.15) is 0 Å². The quantitative estimate of drug-likeness (QED) is 0.780. The molecular weight excluding hydrogens is 218 g/mol. The molecule has 1 aromatic carbocycles. The van der Waals surface area contributed by atoms with Crippen LogP contribution in [0, 0.1) is 0 Å². The van der Waals surface area contributed by atoms with Crippen LogP contribution in [-0.4, -0.2) is 20.6 Å². The van der Waals surface area contributed by atoms with Crippen molar-refractivity contribution in [3.05, 3.63) is 23.8 Å². The second-order valence-corrected chi connectivity index (χ2v) is 4.31. The van der Waals surface area contributed by atoms with Crippen molar-refractivity contribution in [2.75, 3.05) is 5.32 Å². The average Bonchev–Trinajstić information content (AvgIpc) is 2.64. The number of aliphatic hydroxyl groups is 1. The van der Waals surface area contributed by atoms with E-state index in [1.807, 2.05) is 22.8 Å². The van der Waals surface area contributed by atoms with E-state index in [2.05, 4.69) is 10.3 Å². The molecule has 1 aromatic heterocycles. The van der Waals surface area contributed by atoms with Gasteiger partial charge in [0.1, 0.15) is 0 Å². The number of amides is 1. The highest BCUT2D eigenvalue weighted by Crippen LogP contribution is 2.25. The molecule has 1 aliphatic rings. The predicted octanol–water partition coefficient (Wildman–Crippen LogP) is 1.43. The number of hydrogen-bond acceptors (Lipinski definition) is 3. The highest BCUT2D eigenvalue weighted by atomic mass is 16.3. The molecule has 0 spiro atoms. The van der Waals surface area contributed by atoms with Crippen LogP contribution in [0.25, 0.3) is 11.0 Å². The number of nitrogens with zero attached hydrogens (tertiary/aromatic N) is 2. The Morgan fingerprint density at radius 1 is 1.53 bits per heavy atom. The zero-order valence-electron chi connectivity index (χ0n) is 9.47. The molecule has 0 fully saturated rings. The van der Waals surface area contributed by atoms with Crippen LogP contribution in [-0.2, 0) is 11.3 Å². The van der Waals surface area contributed by atoms with Crippen LogP contribution in [0.4, 0.5) is 5.95 Å². The van der Waals surface area contributed by atoms with E-state index in [1.54, 1.807) is 6.92 Å². The first-order chi connectivity index (χ1) is 8.15. The molecule has 2 N–H and O–H groups in total. The maximum Gasteiger partial charge on any atom is 0.228 e. The fourth-order valence-electron chi connectivity index (χ4n) is 2.13. The number of aromatic nitrogens is 2. The van der Waals surface area contributed by atoms with E-state index in [1.165, 1.54) is 0 Å². The summed E-state index contributed by atoms with van der Waals surface area (Å²) in [6.45, 7) is 2.38. The summed E-state index contributed by atoms with van der Waals surface area (Å²) in [7, 11) is 0. The fraction of sp³-hybridized carbons (Fsp3) is 0.333. The molecule has 0 bridgehead atoms. The summed E-state index contributed by atoms with van der Waals surface area (Å²) in [5.41, 5.74) is 2.63. The molecule has 0 radical (unpaired) electrons. The topological polar surface area (TPSA) is 67.2 Å². The first kappa shape index (κ1) is 10.3. The number of fused-ring (bicyclic) bond motifs is 3. The van der Waals surface area contributed by atoms with Gasteiger partial charge in [0.15, 0.2) is 0 Å². The van der Waals surface area contributed by atoms with E-state index >= 15 is 0 Å². The number of carbonyl (C=O) groups is 1. The van der Waals surface area contributed by atoms with Crippen LogP contribution in [0.5, 0.6) is 0 Å². The van der Waals surface area contributed by atoms with E-state index in [-0.39, 0.29) is 5.91 Å². The number of aliphatic hydroxyl groups excluding tert-OH is 1. The second-order valence-electron chi connectivity index (χ2n) is 4.31. The first-order valence-corrected chi connectivity index (χ1v) is 5.63. The Hall–Kier alpha value is -1.88. The van der Waals surface area contributed by atoms with Crippen LogP contribution >= 0.6 is 0 Å². The number of aryl methyl sites for hydroxylation is 1. The summed E-state index contributed by atoms with van der Waals surface area (Å²) in [4.78, 5) is 15.6. The smallest absolute Gasteiger partial charge is 0.228 e. The average molecular weight is 231 g/mol. The van der Waals surface area contributed by atoms with Gasteiger partial charge in [0.2, 0.25) is 11.9 Å². The van der Waals surface area contributed by atoms with Crippen LogP contribution in [0.1, 0.15) is 25.0 Å². The molecule has 0 saturated carbocycles. The van der Waals surface area contributed by atoms with E-state index in [0.717, 1.165) is 16.6 Å². The summed E-state index contributed by atoms with van der Waals surface area (Å²) in [5.74, 6) is 0.600. The lowest BCUT2D eigenvalue weighted by molar-refractivity contribution is -0.116. The first-order valence-electron chi connectivity index (χ1n) is 5.63. The summed E-state index contributed by atoms with van der Waals surface area (Å²) in [5, 5.41) is 12.3. The van der Waals surface area contributed by atoms with Gasteiger partial charge in [0.25, 0.3) is 0 Å². The standard InChI is InChI=1S/C12H13N3O2/c1-7(16)8-2-3-10-9(6-8)13-12-14-11(17)4-5-15(10)12/h2-3,6-7,16H,4-5H2,1H3,(H,13,14,17). The third-order valence-electron chi connectivity index (χ3n) is 3.07. The maximum atomic E-state index is 11.3. The molecule has 5 nitrogen and oxygen atoms in total. The van der Waals surface area contributed by atoms with E-state index in [9.17, 15) is 9.90 Å². The summed E-state index contributed by atoms with van der Waals surface area (Å²) < 4.78 is 1.99. The highest BCUT2D eigenvalue weighted by molar-refractivity contribution is 5.93. The monoisotopic (exact) mass is 231 g/mol. The Balaban J connectivity index is 2.17. The lowest BCUT2D eigenvalue weighted by Crippen LogP contribution is -2.23. The second kappa shape index (κ2) is 3.56. The summed E-state index contributed by atoms with van der Waals surface area (Å²) >= 11 is 0. The van der Waals surface area contributed by atoms with Gasteiger partial charge in [-0.1, -0.05) is 6.07 Å². The summed E-state index contributed by atoms with van der Waals surface area (Å²) in [6.07, 6.45) is -0.0240. The number of nitrogens with one attached hydrogen (secondary N) is 1. The number of imidazole rings is 1. The van der Waals surface area contributed by atoms with Gasteiger partial charge >= 0.3 is 0 Å². The number of benzene rings is 1. The third-order valence-corrected chi connectivity index (χ3v) is 3.07. The van der Waals surface area contributed by atoms with Crippen molar-refractivity contribution in [1.82, 2.24) is 9.55 Å². The van der Waals surface area contributed by atoms with Crippen molar-refractivity contribution in [3.8, 4) is 0 Å². The van der Waals surface area contributed by atoms with E-state index in [4.69, 9.17) is 0 Å². The molecule has 3 rings (SSSR count). The minimum absolute atomic E-state index is 0.00329. The van der Waals surface area contributed by atoms with Crippen LogP contribution in [0.2, 0.25) is 0 Å². The Labute approximate surface area is 98.1 Å². The van der Waals surface area contributed by atoms with E-state index < -0.39 is 6.10 Å². The number of anilines is 1. The van der Waals surface area contributed by atoms with Gasteiger partial charge in [-0.3, -0.25) is 10.1 Å². The van der Waals surface area contributed by atoms with Gasteiger partial charge in [0, 0.05) is 13.0 Å². The molecule has 2 heterocycles. The van der Waals surface area contributed by atoms with Gasteiger partial charge in [-0.25, -0.2) is 4.98 Å². The molecule has 0 saturated heterocycles. The maximum absolute atomic E-state index is 11.3. The highest BCUT2D eigenvalue weighted by Gasteiger charge is 2.19. The molecule has 88 valence electrons. The van der Waals surface area contributed by atoms with Gasteiger partial charge in [-0.15, -0.1) is 0 Å². The molecule has 0 aliphatic carbocycles.